The van der Waals surface area contributed by atoms with Crippen molar-refractivity contribution < 1.29 is 19.0 Å². The Labute approximate surface area is 113 Å². The number of hydrogen-bond acceptors (Lipinski definition) is 4. The van der Waals surface area contributed by atoms with E-state index in [1.54, 1.807) is 18.3 Å². The normalized spacial score (nSPS) is 10.2. The van der Waals surface area contributed by atoms with Crippen molar-refractivity contribution in [2.45, 2.75) is 9.92 Å². The van der Waals surface area contributed by atoms with E-state index in [1.807, 2.05) is 0 Å². The number of methoxy groups -OCH3 is 1. The van der Waals surface area contributed by atoms with Crippen molar-refractivity contribution in [3.8, 4) is 5.75 Å². The maximum absolute atomic E-state index is 13.7. The van der Waals surface area contributed by atoms with Gasteiger partial charge in [-0.1, -0.05) is 11.8 Å². The number of hydrogen-bond donors (Lipinski definition) is 1. The number of carbonyl (C=O) groups is 1. The number of aromatic nitrogens is 1. The van der Waals surface area contributed by atoms with Crippen molar-refractivity contribution in [3.05, 3.63) is 47.9 Å². The first-order valence-electron chi connectivity index (χ1n) is 5.31. The highest BCUT2D eigenvalue weighted by atomic mass is 32.2. The highest BCUT2D eigenvalue weighted by molar-refractivity contribution is 7.99. The molecule has 0 aliphatic rings. The first kappa shape index (κ1) is 13.4. The van der Waals surface area contributed by atoms with Crippen LogP contribution in [0.4, 0.5) is 4.39 Å². The van der Waals surface area contributed by atoms with Gasteiger partial charge < -0.3 is 9.84 Å². The van der Waals surface area contributed by atoms with E-state index in [2.05, 4.69) is 4.98 Å². The van der Waals surface area contributed by atoms with Crippen LogP contribution in [0.2, 0.25) is 0 Å². The summed E-state index contributed by atoms with van der Waals surface area (Å²) in [5.74, 6) is -1.09. The number of aromatic carboxylic acids is 1. The molecule has 0 aliphatic heterocycles. The highest BCUT2D eigenvalue weighted by Crippen LogP contribution is 2.34. The third-order valence-corrected chi connectivity index (χ3v) is 3.37. The van der Waals surface area contributed by atoms with Gasteiger partial charge in [-0.2, -0.15) is 0 Å². The van der Waals surface area contributed by atoms with Gasteiger partial charge in [-0.25, -0.2) is 14.2 Å². The molecule has 0 saturated carbocycles. The van der Waals surface area contributed by atoms with Crippen LogP contribution in [0.1, 0.15) is 10.4 Å². The lowest BCUT2D eigenvalue weighted by Gasteiger charge is -2.07. The molecule has 2 rings (SSSR count). The zero-order valence-electron chi connectivity index (χ0n) is 9.96. The van der Waals surface area contributed by atoms with Crippen LogP contribution in [0.5, 0.6) is 5.75 Å². The van der Waals surface area contributed by atoms with Gasteiger partial charge >= 0.3 is 5.97 Å². The second kappa shape index (κ2) is 5.71. The Hall–Kier alpha value is -2.08. The third-order valence-electron chi connectivity index (χ3n) is 2.34. The van der Waals surface area contributed by atoms with Crippen LogP contribution in [0.25, 0.3) is 0 Å². The maximum Gasteiger partial charge on any atom is 0.335 e. The molecular formula is C13H10FNO3S. The lowest BCUT2D eigenvalue weighted by molar-refractivity contribution is 0.0696. The zero-order chi connectivity index (χ0) is 13.8. The number of carboxylic acid groups (broad SMARTS) is 1. The van der Waals surface area contributed by atoms with Gasteiger partial charge in [0.2, 0.25) is 0 Å². The van der Waals surface area contributed by atoms with Crippen molar-refractivity contribution in [2.75, 3.05) is 7.11 Å². The minimum absolute atomic E-state index is 0.0267. The molecule has 1 heterocycles. The molecule has 0 spiro atoms. The Morgan fingerprint density at radius 3 is 2.89 bits per heavy atom. The first-order chi connectivity index (χ1) is 9.11. The van der Waals surface area contributed by atoms with Crippen LogP contribution in [0.15, 0.2) is 46.5 Å². The van der Waals surface area contributed by atoms with E-state index in [-0.39, 0.29) is 10.5 Å². The molecule has 0 fully saturated rings. The molecule has 0 unspecified atom stereocenters. The van der Waals surface area contributed by atoms with Crippen LogP contribution in [0, 0.1) is 5.82 Å². The Morgan fingerprint density at radius 1 is 1.42 bits per heavy atom. The Bertz CT molecular complexity index is 619. The largest absolute Gasteiger partial charge is 0.494 e. The molecule has 0 aliphatic carbocycles. The Morgan fingerprint density at radius 2 is 2.21 bits per heavy atom. The predicted octanol–water partition coefficient (Wildman–Crippen LogP) is 3.08. The van der Waals surface area contributed by atoms with E-state index in [9.17, 15) is 9.18 Å². The predicted molar refractivity (Wildman–Crippen MR) is 68.3 cm³/mol. The van der Waals surface area contributed by atoms with Crippen LogP contribution in [0.3, 0.4) is 0 Å². The summed E-state index contributed by atoms with van der Waals surface area (Å²) in [4.78, 5) is 15.1. The fourth-order valence-corrected chi connectivity index (χ4v) is 2.35. The minimum Gasteiger partial charge on any atom is -0.494 e. The highest BCUT2D eigenvalue weighted by Gasteiger charge is 2.12. The van der Waals surface area contributed by atoms with Gasteiger partial charge in [0.15, 0.2) is 5.75 Å². The summed E-state index contributed by atoms with van der Waals surface area (Å²) in [7, 11) is 1.49. The topological polar surface area (TPSA) is 59.4 Å². The van der Waals surface area contributed by atoms with Gasteiger partial charge in [-0.05, 0) is 30.3 Å². The van der Waals surface area contributed by atoms with E-state index in [1.165, 1.54) is 19.2 Å². The van der Waals surface area contributed by atoms with Crippen LogP contribution in [-0.2, 0) is 0 Å². The average molecular weight is 279 g/mol. The number of carboxylic acids is 1. The second-order valence-corrected chi connectivity index (χ2v) is 4.59. The maximum atomic E-state index is 13.7. The van der Waals surface area contributed by atoms with Crippen molar-refractivity contribution >= 4 is 17.7 Å². The van der Waals surface area contributed by atoms with Gasteiger partial charge in [0, 0.05) is 6.20 Å². The number of halogens is 1. The lowest BCUT2D eigenvalue weighted by atomic mass is 10.2. The molecule has 2 aromatic rings. The summed E-state index contributed by atoms with van der Waals surface area (Å²) < 4.78 is 18.8. The standard InChI is InChI=1S/C13H10FNO3S/c1-18-10-3-2-6-15-12(10)19-11-7-8(13(16)17)4-5-9(11)14/h2-7H,1H3,(H,16,17). The monoisotopic (exact) mass is 279 g/mol. The van der Waals surface area contributed by atoms with E-state index >= 15 is 0 Å². The number of nitrogens with zero attached hydrogens (tertiary/aromatic N) is 1. The van der Waals surface area contributed by atoms with Crippen molar-refractivity contribution in [1.29, 1.82) is 0 Å². The van der Waals surface area contributed by atoms with Crippen molar-refractivity contribution in [1.82, 2.24) is 4.98 Å². The lowest BCUT2D eigenvalue weighted by Crippen LogP contribution is -1.97. The molecule has 0 saturated heterocycles. The molecule has 1 aromatic carbocycles. The van der Waals surface area contributed by atoms with Crippen molar-refractivity contribution in [3.63, 3.8) is 0 Å². The quantitative estimate of drug-likeness (QED) is 0.932. The smallest absolute Gasteiger partial charge is 0.335 e. The number of pyridine rings is 1. The zero-order valence-corrected chi connectivity index (χ0v) is 10.8. The van der Waals surface area contributed by atoms with Crippen LogP contribution in [-0.4, -0.2) is 23.2 Å². The third kappa shape index (κ3) is 3.03. The van der Waals surface area contributed by atoms with Crippen LogP contribution < -0.4 is 4.74 Å². The molecule has 4 nitrogen and oxygen atoms in total. The number of benzene rings is 1. The fraction of sp³-hybridized carbons (Fsp3) is 0.0769. The van der Waals surface area contributed by atoms with Crippen molar-refractivity contribution in [2.24, 2.45) is 0 Å². The molecule has 1 aromatic heterocycles. The number of ether oxygens (including phenoxy) is 1. The van der Waals surface area contributed by atoms with E-state index < -0.39 is 11.8 Å². The summed E-state index contributed by atoms with van der Waals surface area (Å²) in [6.45, 7) is 0. The van der Waals surface area contributed by atoms with Crippen LogP contribution >= 0.6 is 11.8 Å². The molecule has 0 atom stereocenters. The minimum atomic E-state index is -1.10. The summed E-state index contributed by atoms with van der Waals surface area (Å²) in [6.07, 6.45) is 1.56. The number of rotatable bonds is 4. The van der Waals surface area contributed by atoms with E-state index in [0.717, 1.165) is 17.8 Å². The molecule has 6 heteroatoms. The fourth-order valence-electron chi connectivity index (χ4n) is 1.43. The summed E-state index contributed by atoms with van der Waals surface area (Å²) in [5, 5.41) is 9.37. The molecule has 19 heavy (non-hydrogen) atoms. The molecule has 0 radical (unpaired) electrons. The summed E-state index contributed by atoms with van der Waals surface area (Å²) >= 11 is 1.02. The SMILES string of the molecule is COc1cccnc1Sc1cc(C(=O)O)ccc1F. The van der Waals surface area contributed by atoms with E-state index in [4.69, 9.17) is 9.84 Å². The Kier molecular flexibility index (Phi) is 4.01. The van der Waals surface area contributed by atoms with Gasteiger partial charge in [-0.3, -0.25) is 0 Å². The van der Waals surface area contributed by atoms with Gasteiger partial charge in [0.25, 0.3) is 0 Å². The molecule has 1 N–H and O–H groups in total. The average Bonchev–Trinajstić information content (AvgIpc) is 2.41. The first-order valence-corrected chi connectivity index (χ1v) is 6.13. The van der Waals surface area contributed by atoms with Gasteiger partial charge in [-0.15, -0.1) is 0 Å². The van der Waals surface area contributed by atoms with Gasteiger partial charge in [0.05, 0.1) is 17.6 Å². The molecule has 0 bridgehead atoms. The summed E-state index contributed by atoms with van der Waals surface area (Å²) in [5.41, 5.74) is 0.0267. The van der Waals surface area contributed by atoms with E-state index in [0.29, 0.717) is 10.8 Å². The summed E-state index contributed by atoms with van der Waals surface area (Å²) in [6, 6.07) is 7.02. The molecule has 98 valence electrons. The second-order valence-electron chi connectivity index (χ2n) is 3.56. The molecule has 0 amide bonds. The molecular weight excluding hydrogens is 269 g/mol. The van der Waals surface area contributed by atoms with Gasteiger partial charge in [0.1, 0.15) is 10.8 Å². The Balaban J connectivity index is 2.37.